The number of anilines is 1. The maximum Gasteiger partial charge on any atom is 0.387 e. The summed E-state index contributed by atoms with van der Waals surface area (Å²) in [6, 6.07) is 3.00. The molecular formula is C9H8F2INO2. The first-order chi connectivity index (χ1) is 6.93. The fraction of sp³-hybridized carbons (Fsp3) is 0.222. The highest BCUT2D eigenvalue weighted by atomic mass is 127. The highest BCUT2D eigenvalue weighted by Gasteiger charge is 2.18. The van der Waals surface area contributed by atoms with Gasteiger partial charge in [0.25, 0.3) is 0 Å². The van der Waals surface area contributed by atoms with Crippen LogP contribution in [0, 0.1) is 3.57 Å². The van der Waals surface area contributed by atoms with Gasteiger partial charge in [0.15, 0.2) is 11.5 Å². The minimum atomic E-state index is -2.97. The Bertz CT molecular complexity index is 396. The van der Waals surface area contributed by atoms with E-state index in [-0.39, 0.29) is 17.0 Å². The second-order valence-electron chi connectivity index (χ2n) is 2.78. The van der Waals surface area contributed by atoms with Crippen LogP contribution in [0.15, 0.2) is 12.1 Å². The van der Waals surface area contributed by atoms with E-state index < -0.39 is 12.4 Å². The highest BCUT2D eigenvalue weighted by Crippen LogP contribution is 2.31. The molecule has 82 valence electrons. The summed E-state index contributed by atoms with van der Waals surface area (Å²) in [5.74, 6) is -0.556. The van der Waals surface area contributed by atoms with Crippen molar-refractivity contribution in [2.45, 2.75) is 13.5 Å². The SMILES string of the molecule is CC(=O)c1c(N)ccc(I)c1OC(F)F. The summed E-state index contributed by atoms with van der Waals surface area (Å²) in [6.07, 6.45) is 0. The van der Waals surface area contributed by atoms with Gasteiger partial charge in [-0.15, -0.1) is 0 Å². The number of hydrogen-bond donors (Lipinski definition) is 1. The zero-order valence-electron chi connectivity index (χ0n) is 7.76. The van der Waals surface area contributed by atoms with Crippen molar-refractivity contribution >= 4 is 34.1 Å². The molecule has 0 spiro atoms. The number of nitrogen functional groups attached to an aromatic ring is 1. The van der Waals surface area contributed by atoms with Crippen LogP contribution in [0.4, 0.5) is 14.5 Å². The number of nitrogens with two attached hydrogens (primary N) is 1. The molecular weight excluding hydrogens is 319 g/mol. The molecule has 0 atom stereocenters. The molecule has 2 N–H and O–H groups in total. The molecule has 1 aromatic rings. The van der Waals surface area contributed by atoms with Crippen LogP contribution < -0.4 is 10.5 Å². The number of ether oxygens (including phenoxy) is 1. The van der Waals surface area contributed by atoms with E-state index in [0.29, 0.717) is 3.57 Å². The van der Waals surface area contributed by atoms with E-state index >= 15 is 0 Å². The zero-order valence-corrected chi connectivity index (χ0v) is 9.92. The molecule has 1 aromatic carbocycles. The molecule has 0 bridgehead atoms. The Balaban J connectivity index is 3.31. The van der Waals surface area contributed by atoms with Gasteiger partial charge < -0.3 is 10.5 Å². The lowest BCUT2D eigenvalue weighted by molar-refractivity contribution is -0.0506. The Morgan fingerprint density at radius 2 is 2.13 bits per heavy atom. The molecule has 0 saturated carbocycles. The van der Waals surface area contributed by atoms with Crippen LogP contribution in [0.25, 0.3) is 0 Å². The summed E-state index contributed by atoms with van der Waals surface area (Å²) in [7, 11) is 0. The normalized spacial score (nSPS) is 10.5. The second kappa shape index (κ2) is 4.73. The summed E-state index contributed by atoms with van der Waals surface area (Å²) in [5.41, 5.74) is 5.66. The number of rotatable bonds is 3. The van der Waals surface area contributed by atoms with E-state index in [1.165, 1.54) is 19.1 Å². The number of carbonyl (C=O) groups excluding carboxylic acids is 1. The Morgan fingerprint density at radius 3 is 2.60 bits per heavy atom. The quantitative estimate of drug-likeness (QED) is 0.528. The third-order valence-electron chi connectivity index (χ3n) is 1.70. The standard InChI is InChI=1S/C9H8F2INO2/c1-4(14)7-6(13)3-2-5(12)8(7)15-9(10)11/h2-3,9H,13H2,1H3. The van der Waals surface area contributed by atoms with Gasteiger partial charge in [0.05, 0.1) is 9.13 Å². The molecule has 0 saturated heterocycles. The third-order valence-corrected chi connectivity index (χ3v) is 2.55. The van der Waals surface area contributed by atoms with Crippen molar-refractivity contribution in [2.24, 2.45) is 0 Å². The largest absolute Gasteiger partial charge is 0.433 e. The lowest BCUT2D eigenvalue weighted by Crippen LogP contribution is -2.10. The number of carbonyl (C=O) groups is 1. The molecule has 0 aromatic heterocycles. The monoisotopic (exact) mass is 327 g/mol. The Morgan fingerprint density at radius 1 is 1.53 bits per heavy atom. The zero-order chi connectivity index (χ0) is 11.6. The van der Waals surface area contributed by atoms with Crippen LogP contribution in [-0.2, 0) is 0 Å². The van der Waals surface area contributed by atoms with Crippen LogP contribution in [-0.4, -0.2) is 12.4 Å². The lowest BCUT2D eigenvalue weighted by atomic mass is 10.1. The number of hydrogen-bond acceptors (Lipinski definition) is 3. The average molecular weight is 327 g/mol. The van der Waals surface area contributed by atoms with Crippen molar-refractivity contribution in [3.8, 4) is 5.75 Å². The van der Waals surface area contributed by atoms with Gasteiger partial charge in [-0.25, -0.2) is 0 Å². The van der Waals surface area contributed by atoms with Crippen LogP contribution >= 0.6 is 22.6 Å². The molecule has 3 nitrogen and oxygen atoms in total. The van der Waals surface area contributed by atoms with Crippen LogP contribution in [0.5, 0.6) is 5.75 Å². The number of halogens is 3. The van der Waals surface area contributed by atoms with Gasteiger partial charge in [-0.2, -0.15) is 8.78 Å². The fourth-order valence-electron chi connectivity index (χ4n) is 1.14. The summed E-state index contributed by atoms with van der Waals surface area (Å²) < 4.78 is 28.9. The Hall–Kier alpha value is -0.920. The molecule has 1 rings (SSSR count). The van der Waals surface area contributed by atoms with Gasteiger partial charge in [-0.05, 0) is 41.6 Å². The average Bonchev–Trinajstić information content (AvgIpc) is 2.10. The van der Waals surface area contributed by atoms with Gasteiger partial charge in [0.2, 0.25) is 0 Å². The van der Waals surface area contributed by atoms with Crippen LogP contribution in [0.1, 0.15) is 17.3 Å². The molecule has 0 amide bonds. The Labute approximate surface area is 98.7 Å². The Kier molecular flexibility index (Phi) is 3.83. The van der Waals surface area contributed by atoms with Crippen molar-refractivity contribution in [1.29, 1.82) is 0 Å². The van der Waals surface area contributed by atoms with Gasteiger partial charge in [-0.3, -0.25) is 4.79 Å². The smallest absolute Gasteiger partial charge is 0.387 e. The molecule has 0 aliphatic heterocycles. The number of alkyl halides is 2. The van der Waals surface area contributed by atoms with Gasteiger partial charge >= 0.3 is 6.61 Å². The number of ketones is 1. The molecule has 0 unspecified atom stereocenters. The highest BCUT2D eigenvalue weighted by molar-refractivity contribution is 14.1. The van der Waals surface area contributed by atoms with E-state index in [9.17, 15) is 13.6 Å². The van der Waals surface area contributed by atoms with E-state index in [0.717, 1.165) is 0 Å². The summed E-state index contributed by atoms with van der Waals surface area (Å²) in [6.45, 7) is -1.72. The molecule has 0 heterocycles. The molecule has 0 aliphatic rings. The lowest BCUT2D eigenvalue weighted by Gasteiger charge is -2.12. The second-order valence-corrected chi connectivity index (χ2v) is 3.94. The first kappa shape index (κ1) is 12.2. The van der Waals surface area contributed by atoms with Crippen molar-refractivity contribution in [2.75, 3.05) is 5.73 Å². The topological polar surface area (TPSA) is 52.3 Å². The predicted molar refractivity (Wildman–Crippen MR) is 60.2 cm³/mol. The minimum absolute atomic E-state index is 0.00204. The molecule has 6 heteroatoms. The number of benzene rings is 1. The van der Waals surface area contributed by atoms with Gasteiger partial charge in [0, 0.05) is 5.69 Å². The number of Topliss-reactive ketones (excluding diaryl/α,β-unsaturated/α-hetero) is 1. The maximum absolute atomic E-state index is 12.1. The summed E-state index contributed by atoms with van der Waals surface area (Å²) in [4.78, 5) is 11.2. The molecule has 0 fully saturated rings. The van der Waals surface area contributed by atoms with Crippen molar-refractivity contribution in [1.82, 2.24) is 0 Å². The molecule has 15 heavy (non-hydrogen) atoms. The first-order valence-corrected chi connectivity index (χ1v) is 5.05. The molecule has 0 radical (unpaired) electrons. The maximum atomic E-state index is 12.1. The van der Waals surface area contributed by atoms with Crippen LogP contribution in [0.2, 0.25) is 0 Å². The predicted octanol–water partition coefficient (Wildman–Crippen LogP) is 2.68. The van der Waals surface area contributed by atoms with Crippen molar-refractivity contribution in [3.05, 3.63) is 21.3 Å². The van der Waals surface area contributed by atoms with Crippen LogP contribution in [0.3, 0.4) is 0 Å². The van der Waals surface area contributed by atoms with Crippen molar-refractivity contribution < 1.29 is 18.3 Å². The minimum Gasteiger partial charge on any atom is -0.433 e. The van der Waals surface area contributed by atoms with Gasteiger partial charge in [-0.1, -0.05) is 0 Å². The van der Waals surface area contributed by atoms with Crippen molar-refractivity contribution in [3.63, 3.8) is 0 Å². The van der Waals surface area contributed by atoms with E-state index in [1.54, 1.807) is 22.6 Å². The van der Waals surface area contributed by atoms with Gasteiger partial charge in [0.1, 0.15) is 0 Å². The third kappa shape index (κ3) is 2.77. The van der Waals surface area contributed by atoms with E-state index in [1.807, 2.05) is 0 Å². The summed E-state index contributed by atoms with van der Waals surface area (Å²) >= 11 is 1.80. The van der Waals surface area contributed by atoms with E-state index in [4.69, 9.17) is 5.73 Å². The summed E-state index contributed by atoms with van der Waals surface area (Å²) in [5, 5.41) is 0. The molecule has 0 aliphatic carbocycles. The first-order valence-electron chi connectivity index (χ1n) is 3.97. The van der Waals surface area contributed by atoms with E-state index in [2.05, 4.69) is 4.74 Å². The fourth-order valence-corrected chi connectivity index (χ4v) is 1.72.